The Bertz CT molecular complexity index is 383. The van der Waals surface area contributed by atoms with E-state index < -0.39 is 0 Å². The molecule has 0 aromatic heterocycles. The maximum absolute atomic E-state index is 5.82. The third kappa shape index (κ3) is 4.61. The first kappa shape index (κ1) is 13.8. The third-order valence-corrected chi connectivity index (χ3v) is 2.46. The molecule has 1 N–H and O–H groups in total. The highest BCUT2D eigenvalue weighted by molar-refractivity contribution is 5.41. The van der Waals surface area contributed by atoms with E-state index in [1.54, 1.807) is 0 Å². The smallest absolute Gasteiger partial charge is 0.127 e. The maximum Gasteiger partial charge on any atom is 0.127 e. The van der Waals surface area contributed by atoms with Crippen molar-refractivity contribution < 1.29 is 4.74 Å². The van der Waals surface area contributed by atoms with E-state index in [0.29, 0.717) is 12.6 Å². The van der Waals surface area contributed by atoms with Crippen LogP contribution in [-0.2, 0) is 6.54 Å². The molecule has 0 amide bonds. The molecule has 0 fully saturated rings. The normalized spacial score (nSPS) is 10.6. The molecule has 1 aromatic rings. The highest BCUT2D eigenvalue weighted by atomic mass is 16.5. The Kier molecular flexibility index (Phi) is 5.23. The van der Waals surface area contributed by atoms with Crippen LogP contribution in [0.4, 0.5) is 0 Å². The van der Waals surface area contributed by atoms with Gasteiger partial charge in [-0.3, -0.25) is 0 Å². The molecule has 94 valence electrons. The number of benzene rings is 1. The Morgan fingerprint density at radius 1 is 1.41 bits per heavy atom. The molecule has 17 heavy (non-hydrogen) atoms. The zero-order valence-corrected chi connectivity index (χ0v) is 11.3. The lowest BCUT2D eigenvalue weighted by Crippen LogP contribution is -2.22. The summed E-state index contributed by atoms with van der Waals surface area (Å²) in [7, 11) is 0. The molecule has 2 heteroatoms. The van der Waals surface area contributed by atoms with E-state index in [2.05, 4.69) is 50.9 Å². The molecular weight excluding hydrogens is 210 g/mol. The molecule has 0 aliphatic rings. The van der Waals surface area contributed by atoms with Crippen LogP contribution in [0.15, 0.2) is 30.4 Å². The van der Waals surface area contributed by atoms with Gasteiger partial charge in [0.05, 0.1) is 0 Å². The minimum atomic E-state index is 0.476. The molecule has 0 spiro atoms. The van der Waals surface area contributed by atoms with Gasteiger partial charge in [0.15, 0.2) is 0 Å². The Morgan fingerprint density at radius 2 is 2.12 bits per heavy atom. The molecule has 0 radical (unpaired) electrons. The van der Waals surface area contributed by atoms with Crippen LogP contribution < -0.4 is 10.1 Å². The molecule has 0 aliphatic heterocycles. The molecule has 2 nitrogen and oxygen atoms in total. The average molecular weight is 233 g/mol. The summed E-state index contributed by atoms with van der Waals surface area (Å²) in [6.07, 6.45) is 0. The van der Waals surface area contributed by atoms with Crippen molar-refractivity contribution in [2.24, 2.45) is 0 Å². The molecule has 0 saturated heterocycles. The zero-order valence-electron chi connectivity index (χ0n) is 11.3. The zero-order chi connectivity index (χ0) is 12.8. The van der Waals surface area contributed by atoms with E-state index in [0.717, 1.165) is 17.9 Å². The Hall–Kier alpha value is -1.28. The van der Waals surface area contributed by atoms with Gasteiger partial charge in [-0.05, 0) is 25.0 Å². The molecule has 0 atom stereocenters. The van der Waals surface area contributed by atoms with Gasteiger partial charge >= 0.3 is 0 Å². The molecule has 0 bridgehead atoms. The standard InChI is InChI=1S/C15H23NO/c1-11(2)10-17-15-13(5)7-6-8-14(15)9-16-12(3)4/h6-8,12,16H,1,9-10H2,2-5H3. The van der Waals surface area contributed by atoms with Gasteiger partial charge in [0.25, 0.3) is 0 Å². The van der Waals surface area contributed by atoms with Crippen molar-refractivity contribution >= 4 is 0 Å². The second-order valence-corrected chi connectivity index (χ2v) is 4.84. The van der Waals surface area contributed by atoms with Crippen LogP contribution in [0.1, 0.15) is 31.9 Å². The highest BCUT2D eigenvalue weighted by Gasteiger charge is 2.07. The molecule has 0 unspecified atom stereocenters. The third-order valence-electron chi connectivity index (χ3n) is 2.46. The molecule has 1 aromatic carbocycles. The number of hydrogen-bond acceptors (Lipinski definition) is 2. The van der Waals surface area contributed by atoms with E-state index in [-0.39, 0.29) is 0 Å². The van der Waals surface area contributed by atoms with Crippen LogP contribution in [-0.4, -0.2) is 12.6 Å². The predicted octanol–water partition coefficient (Wildman–Crippen LogP) is 3.45. The fraction of sp³-hybridized carbons (Fsp3) is 0.467. The van der Waals surface area contributed by atoms with Crippen molar-refractivity contribution in [1.29, 1.82) is 0 Å². The molecule has 0 heterocycles. The number of hydrogen-bond donors (Lipinski definition) is 1. The maximum atomic E-state index is 5.82. The van der Waals surface area contributed by atoms with Crippen LogP contribution in [0, 0.1) is 6.92 Å². The van der Waals surface area contributed by atoms with E-state index in [1.807, 2.05) is 6.92 Å². The van der Waals surface area contributed by atoms with Gasteiger partial charge in [-0.1, -0.05) is 38.6 Å². The van der Waals surface area contributed by atoms with Gasteiger partial charge in [-0.25, -0.2) is 0 Å². The number of ether oxygens (including phenoxy) is 1. The van der Waals surface area contributed by atoms with Crippen LogP contribution in [0.5, 0.6) is 5.75 Å². The van der Waals surface area contributed by atoms with Gasteiger partial charge in [0.1, 0.15) is 12.4 Å². The minimum absolute atomic E-state index is 0.476. The van der Waals surface area contributed by atoms with E-state index >= 15 is 0 Å². The molecule has 1 rings (SSSR count). The second kappa shape index (κ2) is 6.45. The average Bonchev–Trinajstić information content (AvgIpc) is 2.24. The number of rotatable bonds is 6. The first-order valence-corrected chi connectivity index (χ1v) is 6.09. The van der Waals surface area contributed by atoms with Crippen molar-refractivity contribution in [1.82, 2.24) is 5.32 Å². The number of nitrogens with one attached hydrogen (secondary N) is 1. The van der Waals surface area contributed by atoms with Crippen LogP contribution in [0.25, 0.3) is 0 Å². The Labute approximate surface area is 105 Å². The SMILES string of the molecule is C=C(C)COc1c(C)cccc1CNC(C)C. The summed E-state index contributed by atoms with van der Waals surface area (Å²) in [6.45, 7) is 13.6. The quantitative estimate of drug-likeness (QED) is 0.760. The van der Waals surface area contributed by atoms with Gasteiger partial charge in [0.2, 0.25) is 0 Å². The largest absolute Gasteiger partial charge is 0.489 e. The summed E-state index contributed by atoms with van der Waals surface area (Å²) in [6, 6.07) is 6.73. The fourth-order valence-corrected chi connectivity index (χ4v) is 1.57. The molecule has 0 aliphatic carbocycles. The summed E-state index contributed by atoms with van der Waals surface area (Å²) in [5, 5.41) is 3.41. The fourth-order valence-electron chi connectivity index (χ4n) is 1.57. The predicted molar refractivity (Wildman–Crippen MR) is 73.5 cm³/mol. The summed E-state index contributed by atoms with van der Waals surface area (Å²) < 4.78 is 5.82. The monoisotopic (exact) mass is 233 g/mol. The first-order chi connectivity index (χ1) is 8.00. The van der Waals surface area contributed by atoms with E-state index in [1.165, 1.54) is 11.1 Å². The van der Waals surface area contributed by atoms with Crippen LogP contribution in [0.3, 0.4) is 0 Å². The van der Waals surface area contributed by atoms with Crippen LogP contribution in [0.2, 0.25) is 0 Å². The number of aryl methyl sites for hydroxylation is 1. The lowest BCUT2D eigenvalue weighted by atomic mass is 10.1. The van der Waals surface area contributed by atoms with Gasteiger partial charge in [-0.15, -0.1) is 0 Å². The van der Waals surface area contributed by atoms with Gasteiger partial charge in [-0.2, -0.15) is 0 Å². The Morgan fingerprint density at radius 3 is 2.71 bits per heavy atom. The van der Waals surface area contributed by atoms with Crippen molar-refractivity contribution in [3.05, 3.63) is 41.5 Å². The van der Waals surface area contributed by atoms with Crippen molar-refractivity contribution in [3.8, 4) is 5.75 Å². The van der Waals surface area contributed by atoms with E-state index in [9.17, 15) is 0 Å². The van der Waals surface area contributed by atoms with Gasteiger partial charge in [0, 0.05) is 18.2 Å². The van der Waals surface area contributed by atoms with Crippen molar-refractivity contribution in [2.75, 3.05) is 6.61 Å². The minimum Gasteiger partial charge on any atom is -0.489 e. The summed E-state index contributed by atoms with van der Waals surface area (Å²) in [4.78, 5) is 0. The van der Waals surface area contributed by atoms with Gasteiger partial charge < -0.3 is 10.1 Å². The van der Waals surface area contributed by atoms with E-state index in [4.69, 9.17) is 4.74 Å². The molecule has 0 saturated carbocycles. The summed E-state index contributed by atoms with van der Waals surface area (Å²) in [5.74, 6) is 0.989. The summed E-state index contributed by atoms with van der Waals surface area (Å²) >= 11 is 0. The second-order valence-electron chi connectivity index (χ2n) is 4.84. The molecular formula is C15H23NO. The van der Waals surface area contributed by atoms with Crippen LogP contribution >= 0.6 is 0 Å². The Balaban J connectivity index is 2.80. The number of para-hydroxylation sites is 1. The van der Waals surface area contributed by atoms with Crippen molar-refractivity contribution in [2.45, 2.75) is 40.3 Å². The van der Waals surface area contributed by atoms with Crippen molar-refractivity contribution in [3.63, 3.8) is 0 Å². The summed E-state index contributed by atoms with van der Waals surface area (Å²) in [5.41, 5.74) is 3.42. The highest BCUT2D eigenvalue weighted by Crippen LogP contribution is 2.23. The lowest BCUT2D eigenvalue weighted by molar-refractivity contribution is 0.344. The first-order valence-electron chi connectivity index (χ1n) is 6.09. The topological polar surface area (TPSA) is 21.3 Å². The lowest BCUT2D eigenvalue weighted by Gasteiger charge is -2.15.